The van der Waals surface area contributed by atoms with Crippen LogP contribution in [0.2, 0.25) is 0 Å². The molecule has 2 aromatic carbocycles. The van der Waals surface area contributed by atoms with Crippen LogP contribution in [0.15, 0.2) is 48.5 Å². The van der Waals surface area contributed by atoms with Crippen molar-refractivity contribution < 1.29 is 37.0 Å². The number of nitrogens with two attached hydrogens (primary N) is 1. The van der Waals surface area contributed by atoms with Gasteiger partial charge in [0.2, 0.25) is 5.91 Å². The molecule has 1 heterocycles. The van der Waals surface area contributed by atoms with Crippen molar-refractivity contribution in [3.63, 3.8) is 0 Å². The average Bonchev–Trinajstić information content (AvgIpc) is 2.91. The van der Waals surface area contributed by atoms with Crippen LogP contribution >= 0.6 is 0 Å². The molecular weight excluding hydrogens is 517 g/mol. The van der Waals surface area contributed by atoms with Crippen molar-refractivity contribution in [3.8, 4) is 6.07 Å². The number of rotatable bonds is 11. The third-order valence-corrected chi connectivity index (χ3v) is 6.35. The molecule has 2 atom stereocenters. The fourth-order valence-electron chi connectivity index (χ4n) is 4.18. The van der Waals surface area contributed by atoms with E-state index in [-0.39, 0.29) is 45.5 Å². The van der Waals surface area contributed by atoms with E-state index in [1.54, 1.807) is 35.2 Å². The number of hydrogen-bond donors (Lipinski definition) is 2. The van der Waals surface area contributed by atoms with Gasteiger partial charge in [-0.3, -0.25) is 4.79 Å². The zero-order valence-corrected chi connectivity index (χ0v) is 21.1. The molecule has 0 spiro atoms. The third kappa shape index (κ3) is 9.00. The maximum absolute atomic E-state index is 13.4. The number of carbonyl (C=O) groups is 3. The van der Waals surface area contributed by atoms with Gasteiger partial charge in [0, 0.05) is 32.5 Å². The number of halogens is 3. The highest BCUT2D eigenvalue weighted by Gasteiger charge is 2.34. The average molecular weight is 547 g/mol. The second kappa shape index (κ2) is 13.6. The van der Waals surface area contributed by atoms with Gasteiger partial charge in [0.1, 0.15) is 24.5 Å². The maximum Gasteiger partial charge on any atom is 0.408 e. The molecule has 9 nitrogen and oxygen atoms in total. The van der Waals surface area contributed by atoms with Crippen LogP contribution in [0.25, 0.3) is 0 Å². The number of amides is 2. The van der Waals surface area contributed by atoms with Crippen molar-refractivity contribution in [1.82, 2.24) is 10.2 Å². The molecule has 1 aliphatic rings. The lowest BCUT2D eigenvalue weighted by Gasteiger charge is -2.32. The molecular formula is C27H29F3N4O5. The SMILES string of the molecule is N#CCOC(=O)[C@H](CCN1CCC(F)(F)CC1)NC(=O)OCc1ccc([C@H](C(N)=O)c2ccc(F)cc2)cc1. The topological polar surface area (TPSA) is 135 Å². The van der Waals surface area contributed by atoms with Gasteiger partial charge in [-0.05, 0) is 35.2 Å². The van der Waals surface area contributed by atoms with Crippen LogP contribution in [0.3, 0.4) is 0 Å². The number of likely N-dealkylation sites (tertiary alicyclic amines) is 1. The minimum atomic E-state index is -2.70. The molecule has 0 unspecified atom stereocenters. The summed E-state index contributed by atoms with van der Waals surface area (Å²) < 4.78 is 50.1. The number of nitrogens with zero attached hydrogens (tertiary/aromatic N) is 2. The van der Waals surface area contributed by atoms with E-state index >= 15 is 0 Å². The zero-order valence-electron chi connectivity index (χ0n) is 21.1. The van der Waals surface area contributed by atoms with Crippen molar-refractivity contribution in [2.75, 3.05) is 26.2 Å². The molecule has 1 aliphatic heterocycles. The predicted octanol–water partition coefficient (Wildman–Crippen LogP) is 3.23. The van der Waals surface area contributed by atoms with Crippen LogP contribution in [-0.4, -0.2) is 61.1 Å². The van der Waals surface area contributed by atoms with E-state index in [4.69, 9.17) is 20.5 Å². The molecule has 208 valence electrons. The third-order valence-electron chi connectivity index (χ3n) is 6.35. The molecule has 2 amide bonds. The summed E-state index contributed by atoms with van der Waals surface area (Å²) in [6.45, 7) is -0.0841. The zero-order chi connectivity index (χ0) is 28.4. The Labute approximate surface area is 223 Å². The van der Waals surface area contributed by atoms with Gasteiger partial charge in [-0.2, -0.15) is 5.26 Å². The number of carbonyl (C=O) groups excluding carboxylic acids is 3. The standard InChI is InChI=1S/C27H29F3N4O5/c28-21-7-5-20(6-8-21)23(24(32)35)19-3-1-18(2-4-19)17-39-26(37)33-22(25(36)38-16-12-31)9-13-34-14-10-27(29,30)11-15-34/h1-8,22-23H,9-11,13-17H2,(H2,32,35)(H,33,37)/t22-,23-/m0/s1. The number of nitrogens with one attached hydrogen (secondary N) is 1. The Kier molecular flexibility index (Phi) is 10.3. The Morgan fingerprint density at radius 3 is 2.18 bits per heavy atom. The first-order valence-corrected chi connectivity index (χ1v) is 12.3. The van der Waals surface area contributed by atoms with E-state index in [1.807, 2.05) is 0 Å². The summed E-state index contributed by atoms with van der Waals surface area (Å²) in [5, 5.41) is 11.1. The van der Waals surface area contributed by atoms with Gasteiger partial charge in [0.05, 0.1) is 5.92 Å². The molecule has 0 saturated carbocycles. The maximum atomic E-state index is 13.4. The van der Waals surface area contributed by atoms with Gasteiger partial charge in [-0.1, -0.05) is 36.4 Å². The van der Waals surface area contributed by atoms with Crippen molar-refractivity contribution in [2.24, 2.45) is 5.73 Å². The van der Waals surface area contributed by atoms with Gasteiger partial charge in [0.25, 0.3) is 5.92 Å². The summed E-state index contributed by atoms with van der Waals surface area (Å²) in [7, 11) is 0. The molecule has 39 heavy (non-hydrogen) atoms. The van der Waals surface area contributed by atoms with Gasteiger partial charge < -0.3 is 25.4 Å². The van der Waals surface area contributed by atoms with Crippen LogP contribution in [0.1, 0.15) is 41.9 Å². The monoisotopic (exact) mass is 546 g/mol. The van der Waals surface area contributed by atoms with E-state index in [0.29, 0.717) is 16.7 Å². The summed E-state index contributed by atoms with van der Waals surface area (Å²) in [5.41, 5.74) is 7.23. The first kappa shape index (κ1) is 29.4. The molecule has 0 aliphatic carbocycles. The van der Waals surface area contributed by atoms with Crippen molar-refractivity contribution >= 4 is 18.0 Å². The van der Waals surface area contributed by atoms with E-state index in [9.17, 15) is 27.6 Å². The number of esters is 1. The predicted molar refractivity (Wildman–Crippen MR) is 133 cm³/mol. The minimum absolute atomic E-state index is 0.0809. The van der Waals surface area contributed by atoms with Crippen LogP contribution in [0, 0.1) is 17.1 Å². The molecule has 3 rings (SSSR count). The first-order chi connectivity index (χ1) is 18.6. The van der Waals surface area contributed by atoms with Crippen molar-refractivity contribution in [3.05, 3.63) is 71.0 Å². The fraction of sp³-hybridized carbons (Fsp3) is 0.407. The number of nitriles is 1. The Balaban J connectivity index is 1.56. The number of alkyl halides is 2. The summed E-state index contributed by atoms with van der Waals surface area (Å²) in [4.78, 5) is 38.6. The second-order valence-corrected chi connectivity index (χ2v) is 9.15. The molecule has 3 N–H and O–H groups in total. The van der Waals surface area contributed by atoms with E-state index < -0.39 is 48.3 Å². The number of benzene rings is 2. The summed E-state index contributed by atoms with van der Waals surface area (Å²) in [6.07, 6.45) is -1.40. The molecule has 0 bridgehead atoms. The minimum Gasteiger partial charge on any atom is -0.449 e. The van der Waals surface area contributed by atoms with E-state index in [2.05, 4.69) is 5.32 Å². The van der Waals surface area contributed by atoms with E-state index in [0.717, 1.165) is 0 Å². The lowest BCUT2D eigenvalue weighted by Crippen LogP contribution is -2.46. The highest BCUT2D eigenvalue weighted by atomic mass is 19.3. The van der Waals surface area contributed by atoms with Crippen molar-refractivity contribution in [1.29, 1.82) is 5.26 Å². The first-order valence-electron chi connectivity index (χ1n) is 12.3. The Morgan fingerprint density at radius 2 is 1.62 bits per heavy atom. The van der Waals surface area contributed by atoms with Gasteiger partial charge >= 0.3 is 12.1 Å². The molecule has 1 fully saturated rings. The smallest absolute Gasteiger partial charge is 0.408 e. The normalized spacial score (nSPS) is 16.4. The molecule has 0 radical (unpaired) electrons. The highest BCUT2D eigenvalue weighted by molar-refractivity contribution is 5.85. The lowest BCUT2D eigenvalue weighted by molar-refractivity contribution is -0.145. The van der Waals surface area contributed by atoms with Crippen LogP contribution < -0.4 is 11.1 Å². The van der Waals surface area contributed by atoms with Crippen LogP contribution in [0.5, 0.6) is 0 Å². The number of alkyl carbamates (subject to hydrolysis) is 1. The summed E-state index contributed by atoms with van der Waals surface area (Å²) >= 11 is 0. The lowest BCUT2D eigenvalue weighted by atomic mass is 9.90. The molecule has 2 aromatic rings. The van der Waals surface area contributed by atoms with E-state index in [1.165, 1.54) is 24.3 Å². The van der Waals surface area contributed by atoms with Gasteiger partial charge in [-0.25, -0.2) is 22.8 Å². The molecule has 0 aromatic heterocycles. The Morgan fingerprint density at radius 1 is 1.03 bits per heavy atom. The quantitative estimate of drug-likeness (QED) is 0.413. The number of ether oxygens (including phenoxy) is 2. The highest BCUT2D eigenvalue weighted by Crippen LogP contribution is 2.28. The van der Waals surface area contributed by atoms with Crippen LogP contribution in [-0.2, 0) is 25.7 Å². The molecule has 1 saturated heterocycles. The van der Waals surface area contributed by atoms with Gasteiger partial charge in [-0.15, -0.1) is 0 Å². The van der Waals surface area contributed by atoms with Gasteiger partial charge in [0.15, 0.2) is 6.61 Å². The fourth-order valence-corrected chi connectivity index (χ4v) is 4.18. The van der Waals surface area contributed by atoms with Crippen LogP contribution in [0.4, 0.5) is 18.0 Å². The second-order valence-electron chi connectivity index (χ2n) is 9.15. The largest absolute Gasteiger partial charge is 0.449 e. The summed E-state index contributed by atoms with van der Waals surface area (Å²) in [5.74, 6) is -5.39. The van der Waals surface area contributed by atoms with Crippen molar-refractivity contribution in [2.45, 2.75) is 43.8 Å². The Bertz CT molecular complexity index is 1180. The number of hydrogen-bond acceptors (Lipinski definition) is 7. The summed E-state index contributed by atoms with van der Waals surface area (Å²) in [6, 6.07) is 12.5. The number of primary amides is 1. The number of piperidine rings is 1. The molecule has 12 heteroatoms. The Hall–Kier alpha value is -4.11.